The van der Waals surface area contributed by atoms with Crippen molar-refractivity contribution in [2.24, 2.45) is 5.92 Å². The van der Waals surface area contributed by atoms with Crippen molar-refractivity contribution in [3.63, 3.8) is 0 Å². The Morgan fingerprint density at radius 1 is 1.48 bits per heavy atom. The Morgan fingerprint density at radius 3 is 3.13 bits per heavy atom. The second-order valence-corrected chi connectivity index (χ2v) is 7.08. The Kier molecular flexibility index (Phi) is 5.93. The molecule has 23 heavy (non-hydrogen) atoms. The van der Waals surface area contributed by atoms with E-state index in [1.165, 1.54) is 11.5 Å². The molecule has 7 nitrogen and oxygen atoms in total. The summed E-state index contributed by atoms with van der Waals surface area (Å²) in [6, 6.07) is 0. The van der Waals surface area contributed by atoms with Crippen molar-refractivity contribution >= 4 is 17.4 Å². The van der Waals surface area contributed by atoms with Crippen LogP contribution in [0.25, 0.3) is 0 Å². The van der Waals surface area contributed by atoms with Crippen LogP contribution in [0.4, 0.5) is 0 Å². The molecule has 0 aliphatic carbocycles. The number of hydrogen-bond acceptors (Lipinski definition) is 7. The van der Waals surface area contributed by atoms with E-state index in [1.54, 1.807) is 0 Å². The molecule has 2 unspecified atom stereocenters. The molecule has 2 fully saturated rings. The third kappa shape index (κ3) is 4.94. The van der Waals surface area contributed by atoms with E-state index in [2.05, 4.69) is 31.8 Å². The molecular formula is C15H25N5O2S. The maximum atomic E-state index is 12.2. The van der Waals surface area contributed by atoms with Gasteiger partial charge in [0.2, 0.25) is 5.91 Å². The minimum absolute atomic E-state index is 0.0483. The van der Waals surface area contributed by atoms with Crippen LogP contribution in [0.3, 0.4) is 0 Å². The molecule has 2 atom stereocenters. The molecule has 2 aliphatic rings. The minimum atomic E-state index is 0.0483. The monoisotopic (exact) mass is 339 g/mol. The molecule has 0 saturated carbocycles. The van der Waals surface area contributed by atoms with E-state index in [4.69, 9.17) is 4.74 Å². The van der Waals surface area contributed by atoms with Crippen molar-refractivity contribution in [3.8, 4) is 0 Å². The fourth-order valence-corrected chi connectivity index (χ4v) is 3.67. The van der Waals surface area contributed by atoms with E-state index in [0.717, 1.165) is 57.9 Å². The van der Waals surface area contributed by atoms with Gasteiger partial charge in [-0.05, 0) is 38.0 Å². The summed E-state index contributed by atoms with van der Waals surface area (Å²) in [5.41, 5.74) is 1.01. The van der Waals surface area contributed by atoms with Crippen molar-refractivity contribution in [3.05, 3.63) is 11.1 Å². The fraction of sp³-hybridized carbons (Fsp3) is 0.800. The lowest BCUT2D eigenvalue weighted by Gasteiger charge is -2.23. The number of nitrogens with zero attached hydrogens (tertiary/aromatic N) is 4. The summed E-state index contributed by atoms with van der Waals surface area (Å²) >= 11 is 1.38. The summed E-state index contributed by atoms with van der Waals surface area (Å²) in [6.45, 7) is 5.83. The third-order valence-corrected chi connectivity index (χ3v) is 5.04. The van der Waals surface area contributed by atoms with Crippen molar-refractivity contribution in [1.29, 1.82) is 0 Å². The highest BCUT2D eigenvalue weighted by atomic mass is 32.1. The van der Waals surface area contributed by atoms with Gasteiger partial charge in [0.1, 0.15) is 0 Å². The molecule has 1 aromatic rings. The molecule has 1 N–H and O–H groups in total. The molecule has 8 heteroatoms. The van der Waals surface area contributed by atoms with Crippen molar-refractivity contribution in [1.82, 2.24) is 24.7 Å². The Hall–Kier alpha value is -1.09. The third-order valence-electron chi connectivity index (χ3n) is 4.49. The lowest BCUT2D eigenvalue weighted by Crippen LogP contribution is -2.42. The summed E-state index contributed by atoms with van der Waals surface area (Å²) in [5, 5.41) is 9.18. The van der Waals surface area contributed by atoms with Crippen LogP contribution in [0.15, 0.2) is 5.38 Å². The van der Waals surface area contributed by atoms with Crippen LogP contribution >= 0.6 is 11.5 Å². The topological polar surface area (TPSA) is 70.6 Å². The molecule has 1 amide bonds. The van der Waals surface area contributed by atoms with Gasteiger partial charge in [-0.3, -0.25) is 9.69 Å². The summed E-state index contributed by atoms with van der Waals surface area (Å²) in [4.78, 5) is 16.8. The summed E-state index contributed by atoms with van der Waals surface area (Å²) in [5.74, 6) is 0.292. The first-order valence-corrected chi connectivity index (χ1v) is 9.10. The van der Waals surface area contributed by atoms with Crippen molar-refractivity contribution in [2.75, 3.05) is 46.4 Å². The standard InChI is InChI=1S/C15H25N5O2S/c1-19-5-3-12(8-19)15(21)16-7-14-10-20(4-2-6-22-14)9-13-11-23-18-17-13/h11-12,14H,2-10H2,1H3,(H,16,21). The predicted octanol–water partition coefficient (Wildman–Crippen LogP) is 0.197. The molecule has 0 bridgehead atoms. The van der Waals surface area contributed by atoms with Gasteiger partial charge in [0.25, 0.3) is 0 Å². The quantitative estimate of drug-likeness (QED) is 0.826. The first-order chi connectivity index (χ1) is 11.2. The zero-order chi connectivity index (χ0) is 16.1. The average Bonchev–Trinajstić information content (AvgIpc) is 3.14. The zero-order valence-corrected chi connectivity index (χ0v) is 14.4. The van der Waals surface area contributed by atoms with Crippen molar-refractivity contribution in [2.45, 2.75) is 25.5 Å². The lowest BCUT2D eigenvalue weighted by atomic mass is 10.1. The van der Waals surface area contributed by atoms with Crippen LogP contribution in [-0.4, -0.2) is 77.8 Å². The van der Waals surface area contributed by atoms with Crippen LogP contribution in [-0.2, 0) is 16.1 Å². The second kappa shape index (κ2) is 8.14. The average molecular weight is 339 g/mol. The zero-order valence-electron chi connectivity index (χ0n) is 13.6. The van der Waals surface area contributed by atoms with Crippen LogP contribution < -0.4 is 5.32 Å². The van der Waals surface area contributed by atoms with Gasteiger partial charge in [-0.2, -0.15) is 0 Å². The Labute approximate surface area is 141 Å². The SMILES string of the molecule is CN1CCC(C(=O)NCC2CN(Cc3csnn3)CCCO2)C1. The highest BCUT2D eigenvalue weighted by Crippen LogP contribution is 2.14. The Balaban J connectivity index is 1.45. The van der Waals surface area contributed by atoms with E-state index < -0.39 is 0 Å². The normalized spacial score (nSPS) is 27.0. The summed E-state index contributed by atoms with van der Waals surface area (Å²) in [7, 11) is 2.06. The molecule has 0 spiro atoms. The van der Waals surface area contributed by atoms with Gasteiger partial charge in [0.15, 0.2) is 0 Å². The van der Waals surface area contributed by atoms with Crippen LogP contribution in [0.1, 0.15) is 18.5 Å². The molecule has 128 valence electrons. The number of rotatable bonds is 5. The largest absolute Gasteiger partial charge is 0.375 e. The van der Waals surface area contributed by atoms with Gasteiger partial charge in [-0.1, -0.05) is 4.49 Å². The summed E-state index contributed by atoms with van der Waals surface area (Å²) in [6.07, 6.45) is 2.01. The number of carbonyl (C=O) groups is 1. The highest BCUT2D eigenvalue weighted by Gasteiger charge is 2.27. The van der Waals surface area contributed by atoms with Gasteiger partial charge in [-0.25, -0.2) is 0 Å². The van der Waals surface area contributed by atoms with Crippen LogP contribution in [0.5, 0.6) is 0 Å². The fourth-order valence-electron chi connectivity index (χ4n) is 3.23. The maximum Gasteiger partial charge on any atom is 0.224 e. The minimum Gasteiger partial charge on any atom is -0.375 e. The van der Waals surface area contributed by atoms with E-state index >= 15 is 0 Å². The van der Waals surface area contributed by atoms with E-state index in [9.17, 15) is 4.79 Å². The summed E-state index contributed by atoms with van der Waals surface area (Å²) < 4.78 is 9.80. The molecule has 2 saturated heterocycles. The number of aromatic nitrogens is 2. The molecule has 0 aromatic carbocycles. The van der Waals surface area contributed by atoms with Gasteiger partial charge in [0.05, 0.1) is 17.7 Å². The number of nitrogens with one attached hydrogen (secondary N) is 1. The number of ether oxygens (including phenoxy) is 1. The van der Waals surface area contributed by atoms with Crippen LogP contribution in [0.2, 0.25) is 0 Å². The number of carbonyl (C=O) groups excluding carboxylic acids is 1. The van der Waals surface area contributed by atoms with Crippen molar-refractivity contribution < 1.29 is 9.53 Å². The van der Waals surface area contributed by atoms with E-state index in [1.807, 2.05) is 5.38 Å². The lowest BCUT2D eigenvalue weighted by molar-refractivity contribution is -0.125. The molecule has 3 heterocycles. The second-order valence-electron chi connectivity index (χ2n) is 6.47. The van der Waals surface area contributed by atoms with E-state index in [-0.39, 0.29) is 17.9 Å². The Bertz CT molecular complexity index is 498. The molecule has 2 aliphatic heterocycles. The van der Waals surface area contributed by atoms with Crippen LogP contribution in [0, 0.1) is 5.92 Å². The van der Waals surface area contributed by atoms with E-state index in [0.29, 0.717) is 6.54 Å². The molecule has 1 aromatic heterocycles. The maximum absolute atomic E-state index is 12.2. The number of hydrogen-bond donors (Lipinski definition) is 1. The Morgan fingerprint density at radius 2 is 2.39 bits per heavy atom. The molecular weight excluding hydrogens is 314 g/mol. The van der Waals surface area contributed by atoms with Gasteiger partial charge in [-0.15, -0.1) is 5.10 Å². The highest BCUT2D eigenvalue weighted by molar-refractivity contribution is 7.03. The molecule has 0 radical (unpaired) electrons. The van der Waals surface area contributed by atoms with Gasteiger partial charge in [0, 0.05) is 44.7 Å². The number of likely N-dealkylation sites (tertiary alicyclic amines) is 1. The first-order valence-electron chi connectivity index (χ1n) is 8.27. The van der Waals surface area contributed by atoms with Gasteiger partial charge >= 0.3 is 0 Å². The predicted molar refractivity (Wildman–Crippen MR) is 88.2 cm³/mol. The first kappa shape index (κ1) is 16.8. The molecule has 3 rings (SSSR count). The smallest absolute Gasteiger partial charge is 0.224 e. The van der Waals surface area contributed by atoms with Gasteiger partial charge < -0.3 is 15.0 Å². The number of amides is 1.